The number of fused-ring (bicyclic) bond motifs is 1. The lowest BCUT2D eigenvalue weighted by Crippen LogP contribution is -2.38. The molecule has 1 atom stereocenters. The Morgan fingerprint density at radius 1 is 1.35 bits per heavy atom. The van der Waals surface area contributed by atoms with E-state index in [1.807, 2.05) is 6.07 Å². The Bertz CT molecular complexity index is 849. The Kier molecular flexibility index (Phi) is 3.92. The number of benzene rings is 1. The summed E-state index contributed by atoms with van der Waals surface area (Å²) >= 11 is 6.09. The van der Waals surface area contributed by atoms with Gasteiger partial charge in [0.25, 0.3) is 5.91 Å². The molecule has 0 saturated carbocycles. The Hall–Kier alpha value is -2.24. The van der Waals surface area contributed by atoms with Gasteiger partial charge in [0.1, 0.15) is 11.4 Å². The topological polar surface area (TPSA) is 75.6 Å². The van der Waals surface area contributed by atoms with E-state index in [1.54, 1.807) is 38.1 Å². The molecule has 1 unspecified atom stereocenters. The standard InChI is InChI=1S/C17H16ClNO4/c1-10-11-5-3-6-12(18)15(11)23-14(10)16(20)19-9-17(2,21)13-7-4-8-22-13/h3-8,21H,9H2,1-2H3,(H,19,20). The van der Waals surface area contributed by atoms with Crippen LogP contribution < -0.4 is 5.32 Å². The lowest BCUT2D eigenvalue weighted by Gasteiger charge is -2.20. The van der Waals surface area contributed by atoms with Gasteiger partial charge in [0.2, 0.25) is 0 Å². The van der Waals surface area contributed by atoms with E-state index in [-0.39, 0.29) is 12.3 Å². The van der Waals surface area contributed by atoms with Gasteiger partial charge < -0.3 is 19.3 Å². The third kappa shape index (κ3) is 2.85. The molecule has 2 aromatic heterocycles. The molecule has 0 fully saturated rings. The number of amides is 1. The van der Waals surface area contributed by atoms with Crippen molar-refractivity contribution in [2.45, 2.75) is 19.4 Å². The molecule has 0 saturated heterocycles. The van der Waals surface area contributed by atoms with Crippen molar-refractivity contribution in [1.82, 2.24) is 5.32 Å². The van der Waals surface area contributed by atoms with Crippen LogP contribution in [0.2, 0.25) is 5.02 Å². The highest BCUT2D eigenvalue weighted by Crippen LogP contribution is 2.30. The normalized spacial score (nSPS) is 13.9. The summed E-state index contributed by atoms with van der Waals surface area (Å²) in [6.07, 6.45) is 1.47. The largest absolute Gasteiger partial charge is 0.466 e. The predicted molar refractivity (Wildman–Crippen MR) is 86.6 cm³/mol. The highest BCUT2D eigenvalue weighted by Gasteiger charge is 2.28. The van der Waals surface area contributed by atoms with Crippen LogP contribution in [0.15, 0.2) is 45.4 Å². The molecule has 23 heavy (non-hydrogen) atoms. The number of rotatable bonds is 4. The van der Waals surface area contributed by atoms with Crippen LogP contribution in [0.25, 0.3) is 11.0 Å². The van der Waals surface area contributed by atoms with Gasteiger partial charge in [-0.2, -0.15) is 0 Å². The van der Waals surface area contributed by atoms with Gasteiger partial charge in [-0.15, -0.1) is 0 Å². The maximum Gasteiger partial charge on any atom is 0.287 e. The second-order valence-electron chi connectivity index (χ2n) is 5.61. The Labute approximate surface area is 137 Å². The summed E-state index contributed by atoms with van der Waals surface area (Å²) in [4.78, 5) is 12.4. The van der Waals surface area contributed by atoms with Gasteiger partial charge >= 0.3 is 0 Å². The average Bonchev–Trinajstić information content (AvgIpc) is 3.15. The maximum absolute atomic E-state index is 12.4. The molecule has 3 aromatic rings. The summed E-state index contributed by atoms with van der Waals surface area (Å²) in [5.74, 6) is 0.145. The van der Waals surface area contributed by atoms with Crippen molar-refractivity contribution >= 4 is 28.5 Å². The fourth-order valence-corrected chi connectivity index (χ4v) is 2.64. The highest BCUT2D eigenvalue weighted by molar-refractivity contribution is 6.35. The van der Waals surface area contributed by atoms with E-state index in [0.29, 0.717) is 21.9 Å². The zero-order valence-corrected chi connectivity index (χ0v) is 13.5. The number of para-hydroxylation sites is 1. The third-order valence-corrected chi connectivity index (χ3v) is 4.06. The van der Waals surface area contributed by atoms with Crippen LogP contribution in [-0.4, -0.2) is 17.6 Å². The molecule has 0 aliphatic heterocycles. The van der Waals surface area contributed by atoms with Crippen LogP contribution in [0.4, 0.5) is 0 Å². The molecular weight excluding hydrogens is 318 g/mol. The zero-order chi connectivity index (χ0) is 16.6. The van der Waals surface area contributed by atoms with Crippen LogP contribution in [0.3, 0.4) is 0 Å². The summed E-state index contributed by atoms with van der Waals surface area (Å²) < 4.78 is 10.8. The molecule has 0 spiro atoms. The van der Waals surface area contributed by atoms with Crippen LogP contribution >= 0.6 is 11.6 Å². The first-order valence-electron chi connectivity index (χ1n) is 7.12. The Balaban J connectivity index is 1.82. The molecule has 1 amide bonds. The molecule has 0 bridgehead atoms. The minimum Gasteiger partial charge on any atom is -0.466 e. The summed E-state index contributed by atoms with van der Waals surface area (Å²) in [7, 11) is 0. The first-order chi connectivity index (χ1) is 10.9. The van der Waals surface area contributed by atoms with Crippen LogP contribution in [-0.2, 0) is 5.60 Å². The summed E-state index contributed by atoms with van der Waals surface area (Å²) in [5, 5.41) is 14.3. The van der Waals surface area contributed by atoms with Gasteiger partial charge in [-0.1, -0.05) is 23.7 Å². The predicted octanol–water partition coefficient (Wildman–Crippen LogP) is 3.63. The van der Waals surface area contributed by atoms with Crippen LogP contribution in [0.1, 0.15) is 28.8 Å². The number of halogens is 1. The SMILES string of the molecule is Cc1c(C(=O)NCC(C)(O)c2ccco2)oc2c(Cl)cccc12. The van der Waals surface area contributed by atoms with Crippen LogP contribution in [0, 0.1) is 6.92 Å². The van der Waals surface area contributed by atoms with E-state index >= 15 is 0 Å². The van der Waals surface area contributed by atoms with E-state index in [2.05, 4.69) is 5.32 Å². The van der Waals surface area contributed by atoms with E-state index in [9.17, 15) is 9.90 Å². The molecule has 120 valence electrons. The molecule has 1 aromatic carbocycles. The second-order valence-corrected chi connectivity index (χ2v) is 6.01. The van der Waals surface area contributed by atoms with Gasteiger partial charge in [-0.25, -0.2) is 0 Å². The molecule has 3 rings (SSSR count). The molecule has 0 aliphatic rings. The number of furan rings is 2. The first kappa shape index (κ1) is 15.6. The van der Waals surface area contributed by atoms with Crippen molar-refractivity contribution in [2.75, 3.05) is 6.54 Å². The summed E-state index contributed by atoms with van der Waals surface area (Å²) in [5.41, 5.74) is -0.122. The van der Waals surface area contributed by atoms with Gasteiger partial charge in [-0.05, 0) is 32.0 Å². The second kappa shape index (κ2) is 5.76. The van der Waals surface area contributed by atoms with Gasteiger partial charge in [0.05, 0.1) is 17.8 Å². The van der Waals surface area contributed by atoms with Crippen molar-refractivity contribution < 1.29 is 18.7 Å². The molecule has 0 radical (unpaired) electrons. The van der Waals surface area contributed by atoms with Gasteiger partial charge in [0.15, 0.2) is 11.3 Å². The number of nitrogens with one attached hydrogen (secondary N) is 1. The van der Waals surface area contributed by atoms with E-state index < -0.39 is 11.5 Å². The molecule has 5 nitrogen and oxygen atoms in total. The van der Waals surface area contributed by atoms with Crippen molar-refractivity contribution in [3.8, 4) is 0 Å². The van der Waals surface area contributed by atoms with E-state index in [0.717, 1.165) is 5.39 Å². The molecular formula is C17H16ClNO4. The van der Waals surface area contributed by atoms with Crippen molar-refractivity contribution in [2.24, 2.45) is 0 Å². The molecule has 6 heteroatoms. The maximum atomic E-state index is 12.4. The minimum atomic E-state index is -1.31. The van der Waals surface area contributed by atoms with Crippen molar-refractivity contribution in [3.63, 3.8) is 0 Å². The van der Waals surface area contributed by atoms with Crippen molar-refractivity contribution in [3.05, 3.63) is 58.7 Å². The summed E-state index contributed by atoms with van der Waals surface area (Å²) in [6, 6.07) is 8.68. The molecule has 2 N–H and O–H groups in total. The third-order valence-electron chi connectivity index (χ3n) is 3.77. The Morgan fingerprint density at radius 2 is 2.13 bits per heavy atom. The molecule has 2 heterocycles. The number of hydrogen-bond donors (Lipinski definition) is 2. The van der Waals surface area contributed by atoms with E-state index in [1.165, 1.54) is 6.26 Å². The minimum absolute atomic E-state index is 0.0104. The Morgan fingerprint density at radius 3 is 2.78 bits per heavy atom. The van der Waals surface area contributed by atoms with Crippen molar-refractivity contribution in [1.29, 1.82) is 0 Å². The number of aliphatic hydroxyl groups is 1. The van der Waals surface area contributed by atoms with Gasteiger partial charge in [0, 0.05) is 10.9 Å². The summed E-state index contributed by atoms with van der Waals surface area (Å²) in [6.45, 7) is 3.35. The van der Waals surface area contributed by atoms with Crippen LogP contribution in [0.5, 0.6) is 0 Å². The number of carbonyl (C=O) groups is 1. The monoisotopic (exact) mass is 333 g/mol. The molecule has 0 aliphatic carbocycles. The average molecular weight is 334 g/mol. The number of carbonyl (C=O) groups excluding carboxylic acids is 1. The van der Waals surface area contributed by atoms with Gasteiger partial charge in [-0.3, -0.25) is 4.79 Å². The quantitative estimate of drug-likeness (QED) is 0.764. The highest BCUT2D eigenvalue weighted by atomic mass is 35.5. The fraction of sp³-hybridized carbons (Fsp3) is 0.235. The zero-order valence-electron chi connectivity index (χ0n) is 12.7. The lowest BCUT2D eigenvalue weighted by atomic mass is 10.0. The van der Waals surface area contributed by atoms with E-state index in [4.69, 9.17) is 20.4 Å². The smallest absolute Gasteiger partial charge is 0.287 e. The lowest BCUT2D eigenvalue weighted by molar-refractivity contribution is 0.0326. The first-order valence-corrected chi connectivity index (χ1v) is 7.50. The fourth-order valence-electron chi connectivity index (χ4n) is 2.43. The number of hydrogen-bond acceptors (Lipinski definition) is 4. The number of aryl methyl sites for hydroxylation is 1.